The van der Waals surface area contributed by atoms with Crippen LogP contribution in [0, 0.1) is 11.3 Å². The highest BCUT2D eigenvalue weighted by Crippen LogP contribution is 2.26. The molecule has 1 aromatic carbocycles. The lowest BCUT2D eigenvalue weighted by atomic mass is 9.98. The zero-order valence-electron chi connectivity index (χ0n) is 9.84. The van der Waals surface area contributed by atoms with Crippen molar-refractivity contribution in [2.24, 2.45) is 5.73 Å². The van der Waals surface area contributed by atoms with Crippen LogP contribution in [0.3, 0.4) is 0 Å². The average Bonchev–Trinajstić information content (AvgIpc) is 2.38. The van der Waals surface area contributed by atoms with E-state index in [-0.39, 0.29) is 0 Å². The third-order valence-corrected chi connectivity index (χ3v) is 2.98. The van der Waals surface area contributed by atoms with E-state index in [1.54, 1.807) is 25.1 Å². The minimum atomic E-state index is -0.405. The van der Waals surface area contributed by atoms with Gasteiger partial charge >= 0.3 is 0 Å². The normalized spacial score (nSPS) is 12.0. The summed E-state index contributed by atoms with van der Waals surface area (Å²) >= 11 is 0. The number of nitriles is 1. The Morgan fingerprint density at radius 1 is 1.50 bits per heavy atom. The van der Waals surface area contributed by atoms with Gasteiger partial charge in [0.25, 0.3) is 0 Å². The first-order chi connectivity index (χ1) is 8.54. The first kappa shape index (κ1) is 11.9. The molecule has 0 aliphatic carbocycles. The number of nitrogens with two attached hydrogens (primary N) is 2. The van der Waals surface area contributed by atoms with Crippen LogP contribution in [-0.4, -0.2) is 10.9 Å². The molecule has 0 radical (unpaired) electrons. The Hall–Kier alpha value is -2.61. The van der Waals surface area contributed by atoms with Crippen molar-refractivity contribution in [3.05, 3.63) is 35.5 Å². The first-order valence-electron chi connectivity index (χ1n) is 5.42. The summed E-state index contributed by atoms with van der Waals surface area (Å²) in [5.41, 5.74) is 13.3. The van der Waals surface area contributed by atoms with Gasteiger partial charge in [0, 0.05) is 11.6 Å². The molecule has 0 saturated heterocycles. The van der Waals surface area contributed by atoms with Gasteiger partial charge in [-0.25, -0.2) is 0 Å². The summed E-state index contributed by atoms with van der Waals surface area (Å²) in [6.45, 7) is 1.72. The molecule has 2 aromatic rings. The van der Waals surface area contributed by atoms with Crippen molar-refractivity contribution in [2.75, 3.05) is 5.73 Å². The van der Waals surface area contributed by atoms with Gasteiger partial charge < -0.3 is 11.5 Å². The van der Waals surface area contributed by atoms with Crippen molar-refractivity contribution in [3.63, 3.8) is 0 Å². The summed E-state index contributed by atoms with van der Waals surface area (Å²) in [4.78, 5) is 15.3. The standard InChI is InChI=1S/C13H12N4O/c1-7(13(16)18)8-2-3-11-10(4-8)12(15)9(5-14)6-17-11/h2-4,6-7H,1H3,(H2,15,17)(H2,16,18). The van der Waals surface area contributed by atoms with Crippen LogP contribution in [-0.2, 0) is 4.79 Å². The molecular formula is C13H12N4O. The van der Waals surface area contributed by atoms with Crippen molar-refractivity contribution >= 4 is 22.5 Å². The monoisotopic (exact) mass is 240 g/mol. The molecule has 90 valence electrons. The fourth-order valence-electron chi connectivity index (χ4n) is 1.75. The van der Waals surface area contributed by atoms with Gasteiger partial charge in [-0.3, -0.25) is 9.78 Å². The van der Waals surface area contributed by atoms with Crippen LogP contribution in [0.1, 0.15) is 24.0 Å². The number of nitrogen functional groups attached to an aromatic ring is 1. The SMILES string of the molecule is CC(C(N)=O)c1ccc2ncc(C#N)c(N)c2c1. The Balaban J connectivity index is 2.67. The lowest BCUT2D eigenvalue weighted by Crippen LogP contribution is -2.18. The van der Waals surface area contributed by atoms with Crippen LogP contribution in [0.4, 0.5) is 5.69 Å². The molecule has 1 heterocycles. The maximum Gasteiger partial charge on any atom is 0.224 e. The third-order valence-electron chi connectivity index (χ3n) is 2.98. The summed E-state index contributed by atoms with van der Waals surface area (Å²) in [7, 11) is 0. The van der Waals surface area contributed by atoms with Gasteiger partial charge in [0.05, 0.1) is 22.7 Å². The fraction of sp³-hybridized carbons (Fsp3) is 0.154. The molecule has 0 bridgehead atoms. The minimum absolute atomic E-state index is 0.325. The Labute approximate surface area is 104 Å². The van der Waals surface area contributed by atoms with Crippen molar-refractivity contribution in [2.45, 2.75) is 12.8 Å². The van der Waals surface area contributed by atoms with E-state index < -0.39 is 11.8 Å². The van der Waals surface area contributed by atoms with E-state index in [9.17, 15) is 4.79 Å². The Bertz CT molecular complexity index is 672. The Kier molecular flexibility index (Phi) is 2.86. The summed E-state index contributed by atoms with van der Waals surface area (Å²) in [6, 6.07) is 7.29. The van der Waals surface area contributed by atoms with E-state index in [4.69, 9.17) is 16.7 Å². The van der Waals surface area contributed by atoms with Crippen molar-refractivity contribution in [1.29, 1.82) is 5.26 Å². The van der Waals surface area contributed by atoms with Crippen LogP contribution in [0.2, 0.25) is 0 Å². The summed E-state index contributed by atoms with van der Waals surface area (Å²) in [5.74, 6) is -0.808. The molecule has 1 unspecified atom stereocenters. The number of primary amides is 1. The second kappa shape index (κ2) is 4.34. The predicted molar refractivity (Wildman–Crippen MR) is 68.5 cm³/mol. The molecule has 0 saturated carbocycles. The number of pyridine rings is 1. The second-order valence-corrected chi connectivity index (χ2v) is 4.10. The van der Waals surface area contributed by atoms with Crippen molar-refractivity contribution < 1.29 is 4.79 Å². The smallest absolute Gasteiger partial charge is 0.224 e. The lowest BCUT2D eigenvalue weighted by Gasteiger charge is -2.10. The first-order valence-corrected chi connectivity index (χ1v) is 5.42. The number of anilines is 1. The number of amides is 1. The maximum atomic E-state index is 11.2. The Morgan fingerprint density at radius 2 is 2.22 bits per heavy atom. The topological polar surface area (TPSA) is 106 Å². The van der Waals surface area contributed by atoms with Crippen molar-refractivity contribution in [1.82, 2.24) is 4.98 Å². The van der Waals surface area contributed by atoms with Crippen LogP contribution in [0.5, 0.6) is 0 Å². The van der Waals surface area contributed by atoms with Gasteiger partial charge in [0.2, 0.25) is 5.91 Å². The van der Waals surface area contributed by atoms with E-state index in [0.717, 1.165) is 5.56 Å². The van der Waals surface area contributed by atoms with Gasteiger partial charge in [-0.15, -0.1) is 0 Å². The molecule has 0 aliphatic rings. The number of hydrogen-bond donors (Lipinski definition) is 2. The number of rotatable bonds is 2. The van der Waals surface area contributed by atoms with Gasteiger partial charge in [-0.2, -0.15) is 5.26 Å². The molecule has 1 aromatic heterocycles. The van der Waals surface area contributed by atoms with Crippen LogP contribution in [0.15, 0.2) is 24.4 Å². The van der Waals surface area contributed by atoms with Crippen LogP contribution >= 0.6 is 0 Å². The predicted octanol–water partition coefficient (Wildman–Crippen LogP) is 1.28. The van der Waals surface area contributed by atoms with E-state index in [1.165, 1.54) is 6.20 Å². The van der Waals surface area contributed by atoms with E-state index in [2.05, 4.69) is 4.98 Å². The van der Waals surface area contributed by atoms with Crippen molar-refractivity contribution in [3.8, 4) is 6.07 Å². The van der Waals surface area contributed by atoms with Crippen LogP contribution in [0.25, 0.3) is 10.9 Å². The highest BCUT2D eigenvalue weighted by atomic mass is 16.1. The summed E-state index contributed by atoms with van der Waals surface area (Å²) in [5, 5.41) is 9.57. The molecule has 1 amide bonds. The number of nitrogens with zero attached hydrogens (tertiary/aromatic N) is 2. The number of hydrogen-bond acceptors (Lipinski definition) is 4. The summed E-state index contributed by atoms with van der Waals surface area (Å²) < 4.78 is 0. The summed E-state index contributed by atoms with van der Waals surface area (Å²) in [6.07, 6.45) is 1.44. The molecule has 5 nitrogen and oxygen atoms in total. The van der Waals surface area contributed by atoms with Gasteiger partial charge in [0.15, 0.2) is 0 Å². The number of carbonyl (C=O) groups excluding carboxylic acids is 1. The quantitative estimate of drug-likeness (QED) is 0.824. The Morgan fingerprint density at radius 3 is 2.83 bits per heavy atom. The molecule has 2 rings (SSSR count). The molecule has 4 N–H and O–H groups in total. The fourth-order valence-corrected chi connectivity index (χ4v) is 1.75. The van der Waals surface area contributed by atoms with Gasteiger partial charge in [0.1, 0.15) is 6.07 Å². The molecule has 5 heteroatoms. The second-order valence-electron chi connectivity index (χ2n) is 4.10. The third kappa shape index (κ3) is 1.84. The van der Waals surface area contributed by atoms with Crippen LogP contribution < -0.4 is 11.5 Å². The van der Waals surface area contributed by atoms with Gasteiger partial charge in [-0.1, -0.05) is 6.07 Å². The minimum Gasteiger partial charge on any atom is -0.397 e. The van der Waals surface area contributed by atoms with E-state index in [1.807, 2.05) is 6.07 Å². The molecular weight excluding hydrogens is 228 g/mol. The highest BCUT2D eigenvalue weighted by Gasteiger charge is 2.13. The molecule has 0 spiro atoms. The lowest BCUT2D eigenvalue weighted by molar-refractivity contribution is -0.119. The largest absolute Gasteiger partial charge is 0.397 e. The molecule has 0 aliphatic heterocycles. The average molecular weight is 240 g/mol. The number of fused-ring (bicyclic) bond motifs is 1. The maximum absolute atomic E-state index is 11.2. The van der Waals surface area contributed by atoms with E-state index >= 15 is 0 Å². The highest BCUT2D eigenvalue weighted by molar-refractivity contribution is 5.94. The molecule has 1 atom stereocenters. The zero-order chi connectivity index (χ0) is 13.3. The van der Waals surface area contributed by atoms with E-state index in [0.29, 0.717) is 22.2 Å². The number of benzene rings is 1. The number of aromatic nitrogens is 1. The van der Waals surface area contributed by atoms with Gasteiger partial charge in [-0.05, 0) is 24.6 Å². The zero-order valence-corrected chi connectivity index (χ0v) is 9.84. The number of carbonyl (C=O) groups is 1. The molecule has 0 fully saturated rings. The molecule has 18 heavy (non-hydrogen) atoms.